The van der Waals surface area contributed by atoms with E-state index in [2.05, 4.69) is 24.1 Å². The van der Waals surface area contributed by atoms with Crippen LogP contribution in [-0.4, -0.2) is 36.0 Å². The number of hydrogen-bond donors (Lipinski definition) is 1. The third-order valence-corrected chi connectivity index (χ3v) is 4.78. The van der Waals surface area contributed by atoms with Crippen LogP contribution in [0.15, 0.2) is 39.5 Å². The summed E-state index contributed by atoms with van der Waals surface area (Å²) in [5.74, 6) is -0.375. The molecular formula is C19H24N2O3. The first-order chi connectivity index (χ1) is 11.5. The summed E-state index contributed by atoms with van der Waals surface area (Å²) in [5.41, 5.74) is -0.176. The number of amides is 1. The smallest absolute Gasteiger partial charge is 0.349 e. The monoisotopic (exact) mass is 328 g/mol. The molecule has 0 unspecified atom stereocenters. The lowest BCUT2D eigenvalue weighted by molar-refractivity contribution is 0.0795. The number of carbonyl (C=O) groups is 1. The Morgan fingerprint density at radius 2 is 1.92 bits per heavy atom. The number of carbonyl (C=O) groups excluding carboxylic acids is 1. The number of para-hydroxylation sites is 1. The molecule has 2 aromatic rings. The van der Waals surface area contributed by atoms with Crippen LogP contribution in [0.5, 0.6) is 0 Å². The minimum absolute atomic E-state index is 0.0585. The largest absolute Gasteiger partial charge is 0.422 e. The van der Waals surface area contributed by atoms with Gasteiger partial charge < -0.3 is 9.73 Å². The first-order valence-corrected chi connectivity index (χ1v) is 8.53. The average Bonchev–Trinajstić information content (AvgIpc) is 2.60. The molecule has 1 aliphatic rings. The molecule has 5 nitrogen and oxygen atoms in total. The summed E-state index contributed by atoms with van der Waals surface area (Å²) < 4.78 is 5.24. The minimum Gasteiger partial charge on any atom is -0.422 e. The predicted molar refractivity (Wildman–Crippen MR) is 94.3 cm³/mol. The van der Waals surface area contributed by atoms with Crippen LogP contribution in [0.3, 0.4) is 0 Å². The van der Waals surface area contributed by atoms with E-state index in [0.717, 1.165) is 18.5 Å². The fourth-order valence-electron chi connectivity index (χ4n) is 3.22. The van der Waals surface area contributed by atoms with Gasteiger partial charge in [0.05, 0.1) is 0 Å². The van der Waals surface area contributed by atoms with Crippen LogP contribution in [-0.2, 0) is 0 Å². The van der Waals surface area contributed by atoms with E-state index in [0.29, 0.717) is 12.1 Å². The van der Waals surface area contributed by atoms with E-state index < -0.39 is 5.63 Å². The van der Waals surface area contributed by atoms with Crippen LogP contribution in [0.2, 0.25) is 0 Å². The zero-order valence-electron chi connectivity index (χ0n) is 14.3. The topological polar surface area (TPSA) is 62.6 Å². The van der Waals surface area contributed by atoms with Gasteiger partial charge in [0.1, 0.15) is 11.1 Å². The van der Waals surface area contributed by atoms with Gasteiger partial charge >= 0.3 is 5.63 Å². The molecule has 0 atom stereocenters. The van der Waals surface area contributed by atoms with Gasteiger partial charge in [-0.15, -0.1) is 0 Å². The summed E-state index contributed by atoms with van der Waals surface area (Å²) >= 11 is 0. The van der Waals surface area contributed by atoms with Gasteiger partial charge in [-0.25, -0.2) is 4.79 Å². The van der Waals surface area contributed by atoms with Gasteiger partial charge in [-0.2, -0.15) is 0 Å². The van der Waals surface area contributed by atoms with Gasteiger partial charge in [0, 0.05) is 17.5 Å². The lowest BCUT2D eigenvalue weighted by Gasteiger charge is -2.41. The molecule has 0 bridgehead atoms. The van der Waals surface area contributed by atoms with Crippen molar-refractivity contribution < 1.29 is 9.21 Å². The first kappa shape index (κ1) is 16.7. The second-order valence-corrected chi connectivity index (χ2v) is 7.03. The Morgan fingerprint density at radius 1 is 1.21 bits per heavy atom. The number of rotatable bonds is 4. The normalized spacial score (nSPS) is 16.2. The number of likely N-dealkylation sites (tertiary alicyclic amines) is 1. The van der Waals surface area contributed by atoms with E-state index in [1.54, 1.807) is 18.2 Å². The second-order valence-electron chi connectivity index (χ2n) is 7.03. The molecule has 1 aliphatic heterocycles. The first-order valence-electron chi connectivity index (χ1n) is 8.53. The van der Waals surface area contributed by atoms with E-state index in [9.17, 15) is 9.59 Å². The zero-order valence-corrected chi connectivity index (χ0v) is 14.3. The molecule has 1 N–H and O–H groups in total. The van der Waals surface area contributed by atoms with Gasteiger partial charge in [0.25, 0.3) is 5.91 Å². The molecule has 2 heterocycles. The molecule has 1 aromatic carbocycles. The lowest BCUT2D eigenvalue weighted by Crippen LogP contribution is -2.53. The van der Waals surface area contributed by atoms with Gasteiger partial charge in [-0.05, 0) is 51.9 Å². The van der Waals surface area contributed by atoms with E-state index in [-0.39, 0.29) is 17.0 Å². The van der Waals surface area contributed by atoms with Crippen molar-refractivity contribution in [2.75, 3.05) is 19.6 Å². The van der Waals surface area contributed by atoms with E-state index >= 15 is 0 Å². The van der Waals surface area contributed by atoms with Crippen LogP contribution in [0.1, 0.15) is 43.5 Å². The molecule has 0 spiro atoms. The van der Waals surface area contributed by atoms with Crippen molar-refractivity contribution in [2.45, 2.75) is 38.6 Å². The highest BCUT2D eigenvalue weighted by Gasteiger charge is 2.28. The van der Waals surface area contributed by atoms with Crippen LogP contribution in [0.4, 0.5) is 0 Å². The molecule has 128 valence electrons. The molecule has 1 amide bonds. The number of piperidine rings is 1. The van der Waals surface area contributed by atoms with Crippen molar-refractivity contribution in [3.05, 3.63) is 46.3 Å². The van der Waals surface area contributed by atoms with Gasteiger partial charge in [0.15, 0.2) is 0 Å². The maximum Gasteiger partial charge on any atom is 0.349 e. The SMILES string of the molecule is CC(C)(CNC(=O)c1cc2ccccc2oc1=O)N1CCCCC1. The molecule has 3 rings (SSSR count). The number of nitrogens with zero attached hydrogens (tertiary/aromatic N) is 1. The molecule has 0 aliphatic carbocycles. The number of nitrogens with one attached hydrogen (secondary N) is 1. The molecule has 0 radical (unpaired) electrons. The summed E-state index contributed by atoms with van der Waals surface area (Å²) in [7, 11) is 0. The molecule has 0 saturated carbocycles. The quantitative estimate of drug-likeness (QED) is 0.877. The Kier molecular flexibility index (Phi) is 4.71. The number of hydrogen-bond acceptors (Lipinski definition) is 4. The Morgan fingerprint density at radius 3 is 2.67 bits per heavy atom. The van der Waals surface area contributed by atoms with Gasteiger partial charge in [-0.3, -0.25) is 9.69 Å². The van der Waals surface area contributed by atoms with Crippen molar-refractivity contribution in [3.8, 4) is 0 Å². The number of fused-ring (bicyclic) bond motifs is 1. The van der Waals surface area contributed by atoms with Crippen molar-refractivity contribution in [2.24, 2.45) is 0 Å². The second kappa shape index (κ2) is 6.77. The molecule has 5 heteroatoms. The summed E-state index contributed by atoms with van der Waals surface area (Å²) in [6.45, 7) is 6.86. The molecule has 1 fully saturated rings. The Labute approximate surface area is 141 Å². The van der Waals surface area contributed by atoms with Crippen molar-refractivity contribution in [3.63, 3.8) is 0 Å². The van der Waals surface area contributed by atoms with Crippen LogP contribution in [0, 0.1) is 0 Å². The maximum atomic E-state index is 12.4. The maximum absolute atomic E-state index is 12.4. The van der Waals surface area contributed by atoms with Crippen LogP contribution >= 0.6 is 0 Å². The van der Waals surface area contributed by atoms with E-state index in [4.69, 9.17) is 4.42 Å². The summed E-state index contributed by atoms with van der Waals surface area (Å²) in [4.78, 5) is 26.9. The highest BCUT2D eigenvalue weighted by atomic mass is 16.4. The highest BCUT2D eigenvalue weighted by molar-refractivity contribution is 5.96. The van der Waals surface area contributed by atoms with Crippen molar-refractivity contribution in [1.82, 2.24) is 10.2 Å². The Hall–Kier alpha value is -2.14. The standard InChI is InChI=1S/C19H24N2O3/c1-19(2,21-10-6-3-7-11-21)13-20-17(22)15-12-14-8-4-5-9-16(14)24-18(15)23/h4-5,8-9,12H,3,6-7,10-11,13H2,1-2H3,(H,20,22). The molecule has 1 saturated heterocycles. The Balaban J connectivity index is 1.73. The summed E-state index contributed by atoms with van der Waals surface area (Å²) in [6, 6.07) is 8.80. The van der Waals surface area contributed by atoms with Crippen LogP contribution in [0.25, 0.3) is 11.0 Å². The third-order valence-electron chi connectivity index (χ3n) is 4.78. The van der Waals surface area contributed by atoms with Gasteiger partial charge in [-0.1, -0.05) is 24.6 Å². The molecular weight excluding hydrogens is 304 g/mol. The highest BCUT2D eigenvalue weighted by Crippen LogP contribution is 2.20. The molecule has 24 heavy (non-hydrogen) atoms. The average molecular weight is 328 g/mol. The third kappa shape index (κ3) is 3.51. The Bertz CT molecular complexity index is 789. The lowest BCUT2D eigenvalue weighted by atomic mass is 9.98. The fraction of sp³-hybridized carbons (Fsp3) is 0.474. The summed E-state index contributed by atoms with van der Waals surface area (Å²) in [6.07, 6.45) is 3.67. The summed E-state index contributed by atoms with van der Waals surface area (Å²) in [5, 5.41) is 3.65. The number of benzene rings is 1. The zero-order chi connectivity index (χ0) is 17.2. The van der Waals surface area contributed by atoms with Crippen LogP contribution < -0.4 is 10.9 Å². The van der Waals surface area contributed by atoms with Gasteiger partial charge in [0.2, 0.25) is 0 Å². The van der Waals surface area contributed by atoms with Crippen molar-refractivity contribution >= 4 is 16.9 Å². The van der Waals surface area contributed by atoms with Crippen molar-refractivity contribution in [1.29, 1.82) is 0 Å². The minimum atomic E-state index is -0.595. The van der Waals surface area contributed by atoms with E-state index in [1.807, 2.05) is 12.1 Å². The molecule has 1 aromatic heterocycles. The fourth-order valence-corrected chi connectivity index (χ4v) is 3.22. The predicted octanol–water partition coefficient (Wildman–Crippen LogP) is 2.79. The van der Waals surface area contributed by atoms with E-state index in [1.165, 1.54) is 19.3 Å².